The summed E-state index contributed by atoms with van der Waals surface area (Å²) in [6.45, 7) is 4.63. The highest BCUT2D eigenvalue weighted by Gasteiger charge is 2.29. The van der Waals surface area contributed by atoms with Crippen molar-refractivity contribution >= 4 is 17.7 Å². The molecule has 1 aliphatic heterocycles. The lowest BCUT2D eigenvalue weighted by Gasteiger charge is -2.25. The first kappa shape index (κ1) is 16.4. The maximum absolute atomic E-state index is 12.0. The molecule has 1 atom stereocenters. The van der Waals surface area contributed by atoms with Crippen LogP contribution < -0.4 is 10.1 Å². The molecule has 0 aliphatic carbocycles. The first-order valence-electron chi connectivity index (χ1n) is 7.49. The fourth-order valence-electron chi connectivity index (χ4n) is 2.38. The molecule has 1 aliphatic rings. The van der Waals surface area contributed by atoms with Crippen molar-refractivity contribution in [2.75, 3.05) is 12.4 Å². The van der Waals surface area contributed by atoms with Crippen LogP contribution in [-0.2, 0) is 4.79 Å². The molecule has 0 saturated carbocycles. The van der Waals surface area contributed by atoms with Crippen LogP contribution in [0.25, 0.3) is 0 Å². The number of nitrogens with zero attached hydrogens (tertiary/aromatic N) is 1. The van der Waals surface area contributed by atoms with Gasteiger partial charge in [-0.05, 0) is 36.8 Å². The third-order valence-electron chi connectivity index (χ3n) is 3.40. The number of nitriles is 1. The van der Waals surface area contributed by atoms with Crippen LogP contribution >= 0.6 is 11.8 Å². The van der Waals surface area contributed by atoms with Gasteiger partial charge < -0.3 is 10.1 Å². The zero-order valence-electron chi connectivity index (χ0n) is 12.9. The quantitative estimate of drug-likeness (QED) is 0.871. The molecule has 0 aromatic heterocycles. The summed E-state index contributed by atoms with van der Waals surface area (Å²) in [7, 11) is 0. The Kier molecular flexibility index (Phi) is 5.91. The van der Waals surface area contributed by atoms with Gasteiger partial charge in [-0.15, -0.1) is 11.8 Å². The maximum Gasteiger partial charge on any atom is 0.225 e. The molecule has 116 valence electrons. The number of rotatable bonds is 6. The topological polar surface area (TPSA) is 62.1 Å². The number of ether oxygens (including phenoxy) is 1. The lowest BCUT2D eigenvalue weighted by atomic mass is 9.87. The van der Waals surface area contributed by atoms with Crippen LogP contribution in [0, 0.1) is 11.3 Å². The number of thioether (sulfide) groups is 1. The van der Waals surface area contributed by atoms with E-state index < -0.39 is 0 Å². The zero-order chi connectivity index (χ0) is 15.9. The first-order valence-corrected chi connectivity index (χ1v) is 8.47. The minimum absolute atomic E-state index is 0.0310. The van der Waals surface area contributed by atoms with Crippen molar-refractivity contribution in [2.45, 2.75) is 32.6 Å². The lowest BCUT2D eigenvalue weighted by Crippen LogP contribution is -2.30. The van der Waals surface area contributed by atoms with Gasteiger partial charge in [-0.2, -0.15) is 5.26 Å². The van der Waals surface area contributed by atoms with E-state index in [1.165, 1.54) is 0 Å². The highest BCUT2D eigenvalue weighted by molar-refractivity contribution is 8.03. The number of benzene rings is 1. The van der Waals surface area contributed by atoms with Crippen molar-refractivity contribution in [1.82, 2.24) is 5.32 Å². The molecule has 1 N–H and O–H groups in total. The monoisotopic (exact) mass is 316 g/mol. The third-order valence-corrected chi connectivity index (χ3v) is 4.62. The van der Waals surface area contributed by atoms with Gasteiger partial charge in [-0.1, -0.05) is 19.1 Å². The van der Waals surface area contributed by atoms with Gasteiger partial charge in [0.2, 0.25) is 5.91 Å². The fourth-order valence-corrected chi connectivity index (χ4v) is 3.32. The number of allylic oxidation sites excluding steroid dienone is 1. The van der Waals surface area contributed by atoms with E-state index in [1.54, 1.807) is 11.8 Å². The Labute approximate surface area is 135 Å². The van der Waals surface area contributed by atoms with Gasteiger partial charge in [0.15, 0.2) is 0 Å². The van der Waals surface area contributed by atoms with Crippen LogP contribution in [0.15, 0.2) is 34.9 Å². The largest absolute Gasteiger partial charge is 0.494 e. The van der Waals surface area contributed by atoms with Crippen LogP contribution in [0.5, 0.6) is 5.75 Å². The first-order chi connectivity index (χ1) is 10.7. The van der Waals surface area contributed by atoms with E-state index in [1.807, 2.05) is 31.2 Å². The van der Waals surface area contributed by atoms with E-state index in [-0.39, 0.29) is 11.8 Å². The lowest BCUT2D eigenvalue weighted by molar-refractivity contribution is -0.120. The molecule has 5 heteroatoms. The molecule has 0 bridgehead atoms. The van der Waals surface area contributed by atoms with E-state index in [9.17, 15) is 10.1 Å². The number of carbonyl (C=O) groups excluding carboxylic acids is 1. The average Bonchev–Trinajstić information content (AvgIpc) is 2.53. The summed E-state index contributed by atoms with van der Waals surface area (Å²) in [4.78, 5) is 12.0. The second-order valence-electron chi connectivity index (χ2n) is 5.01. The number of nitrogens with one attached hydrogen (secondary N) is 1. The zero-order valence-corrected chi connectivity index (χ0v) is 13.7. The van der Waals surface area contributed by atoms with Crippen molar-refractivity contribution in [3.63, 3.8) is 0 Å². The maximum atomic E-state index is 12.0. The number of hydrogen-bond donors (Lipinski definition) is 1. The Morgan fingerprint density at radius 2 is 2.09 bits per heavy atom. The molecule has 22 heavy (non-hydrogen) atoms. The summed E-state index contributed by atoms with van der Waals surface area (Å²) in [5.74, 6) is 1.48. The highest BCUT2D eigenvalue weighted by atomic mass is 32.2. The predicted molar refractivity (Wildman–Crippen MR) is 88.5 cm³/mol. The second-order valence-corrected chi connectivity index (χ2v) is 6.12. The molecule has 2 rings (SSSR count). The summed E-state index contributed by atoms with van der Waals surface area (Å²) < 4.78 is 5.44. The molecular weight excluding hydrogens is 296 g/mol. The molecule has 0 saturated heterocycles. The van der Waals surface area contributed by atoms with Crippen LogP contribution in [0.1, 0.15) is 38.2 Å². The molecule has 1 amide bonds. The molecule has 1 heterocycles. The van der Waals surface area contributed by atoms with Crippen molar-refractivity contribution in [2.24, 2.45) is 0 Å². The average molecular weight is 316 g/mol. The van der Waals surface area contributed by atoms with Crippen molar-refractivity contribution in [3.8, 4) is 11.8 Å². The number of amides is 1. The third kappa shape index (κ3) is 3.83. The molecule has 0 fully saturated rings. The van der Waals surface area contributed by atoms with Gasteiger partial charge in [0.05, 0.1) is 23.3 Å². The molecule has 0 spiro atoms. The van der Waals surface area contributed by atoms with E-state index in [0.29, 0.717) is 23.6 Å². The van der Waals surface area contributed by atoms with Gasteiger partial charge >= 0.3 is 0 Å². The minimum atomic E-state index is -0.172. The second kappa shape index (κ2) is 7.90. The van der Waals surface area contributed by atoms with Gasteiger partial charge in [0, 0.05) is 12.3 Å². The Hall–Kier alpha value is -1.93. The molecular formula is C17H20N2O2S. The highest BCUT2D eigenvalue weighted by Crippen LogP contribution is 2.36. The van der Waals surface area contributed by atoms with Gasteiger partial charge in [-0.25, -0.2) is 0 Å². The van der Waals surface area contributed by atoms with E-state index >= 15 is 0 Å². The summed E-state index contributed by atoms with van der Waals surface area (Å²) >= 11 is 1.54. The SMILES string of the molecule is CCCSC1=C(C#N)[C@@H](c2ccc(OCC)cc2)CC(=O)N1. The van der Waals surface area contributed by atoms with E-state index in [2.05, 4.69) is 18.3 Å². The van der Waals surface area contributed by atoms with Crippen LogP contribution in [0.2, 0.25) is 0 Å². The molecule has 0 unspecified atom stereocenters. The molecule has 1 aromatic rings. The van der Waals surface area contributed by atoms with Crippen molar-refractivity contribution in [3.05, 3.63) is 40.4 Å². The predicted octanol–water partition coefficient (Wildman–Crippen LogP) is 3.57. The Morgan fingerprint density at radius 1 is 1.36 bits per heavy atom. The van der Waals surface area contributed by atoms with Crippen LogP contribution in [0.4, 0.5) is 0 Å². The Balaban J connectivity index is 2.30. The van der Waals surface area contributed by atoms with Crippen molar-refractivity contribution in [1.29, 1.82) is 5.26 Å². The molecule has 1 aromatic carbocycles. The number of carbonyl (C=O) groups is 1. The molecule has 4 nitrogen and oxygen atoms in total. The summed E-state index contributed by atoms with van der Waals surface area (Å²) in [5.41, 5.74) is 1.63. The van der Waals surface area contributed by atoms with Gasteiger partial charge in [0.1, 0.15) is 5.75 Å². The van der Waals surface area contributed by atoms with E-state index in [0.717, 1.165) is 23.5 Å². The van der Waals surface area contributed by atoms with Gasteiger partial charge in [-0.3, -0.25) is 4.79 Å². The fraction of sp³-hybridized carbons (Fsp3) is 0.412. The standard InChI is InChI=1S/C17H20N2O2S/c1-3-9-22-17-15(11-18)14(10-16(20)19-17)12-5-7-13(8-6-12)21-4-2/h5-8,14H,3-4,9-10H2,1-2H3,(H,19,20)/t14-/m1/s1. The van der Waals surface area contributed by atoms with Gasteiger partial charge in [0.25, 0.3) is 0 Å². The Bertz CT molecular complexity index is 602. The normalized spacial score (nSPS) is 17.9. The number of hydrogen-bond acceptors (Lipinski definition) is 4. The smallest absolute Gasteiger partial charge is 0.225 e. The Morgan fingerprint density at radius 3 is 2.68 bits per heavy atom. The van der Waals surface area contributed by atoms with E-state index in [4.69, 9.17) is 4.74 Å². The van der Waals surface area contributed by atoms with Crippen LogP contribution in [-0.4, -0.2) is 18.3 Å². The molecule has 0 radical (unpaired) electrons. The summed E-state index contributed by atoms with van der Waals surface area (Å²) in [6, 6.07) is 9.94. The minimum Gasteiger partial charge on any atom is -0.494 e. The summed E-state index contributed by atoms with van der Waals surface area (Å²) in [5, 5.41) is 13.1. The van der Waals surface area contributed by atoms with Crippen LogP contribution in [0.3, 0.4) is 0 Å². The summed E-state index contributed by atoms with van der Waals surface area (Å²) in [6.07, 6.45) is 1.31. The van der Waals surface area contributed by atoms with Crippen molar-refractivity contribution < 1.29 is 9.53 Å².